The van der Waals surface area contributed by atoms with Crippen LogP contribution in [0.5, 0.6) is 5.75 Å². The SMILES string of the molecule is CCOc1cccnc1NCCN1CCN(C)CC1. The Kier molecular flexibility index (Phi) is 5.42. The van der Waals surface area contributed by atoms with E-state index in [9.17, 15) is 0 Å². The Morgan fingerprint density at radius 3 is 2.84 bits per heavy atom. The molecule has 5 nitrogen and oxygen atoms in total. The Hall–Kier alpha value is -1.33. The van der Waals surface area contributed by atoms with Crippen molar-refractivity contribution in [3.05, 3.63) is 18.3 Å². The monoisotopic (exact) mass is 264 g/mol. The van der Waals surface area contributed by atoms with Gasteiger partial charge < -0.3 is 15.0 Å². The first-order valence-electron chi connectivity index (χ1n) is 7.02. The molecule has 0 radical (unpaired) electrons. The summed E-state index contributed by atoms with van der Waals surface area (Å²) in [6.45, 7) is 9.23. The van der Waals surface area contributed by atoms with Crippen LogP contribution >= 0.6 is 0 Å². The highest BCUT2D eigenvalue weighted by molar-refractivity contribution is 5.49. The van der Waals surface area contributed by atoms with E-state index in [0.29, 0.717) is 6.61 Å². The number of nitrogens with zero attached hydrogens (tertiary/aromatic N) is 3. The number of hydrogen-bond donors (Lipinski definition) is 1. The molecule has 1 aromatic rings. The number of anilines is 1. The molecule has 1 N–H and O–H groups in total. The first-order chi connectivity index (χ1) is 9.29. The summed E-state index contributed by atoms with van der Waals surface area (Å²) in [5.41, 5.74) is 0. The van der Waals surface area contributed by atoms with Gasteiger partial charge in [0.25, 0.3) is 0 Å². The minimum Gasteiger partial charge on any atom is -0.490 e. The lowest BCUT2D eigenvalue weighted by Crippen LogP contribution is -2.45. The van der Waals surface area contributed by atoms with Crippen LogP contribution in [0.25, 0.3) is 0 Å². The molecule has 0 saturated carbocycles. The highest BCUT2D eigenvalue weighted by Gasteiger charge is 2.13. The third kappa shape index (κ3) is 4.36. The normalized spacial score (nSPS) is 17.4. The van der Waals surface area contributed by atoms with Gasteiger partial charge in [0.15, 0.2) is 11.6 Å². The van der Waals surface area contributed by atoms with Crippen molar-refractivity contribution in [2.24, 2.45) is 0 Å². The van der Waals surface area contributed by atoms with Gasteiger partial charge in [-0.3, -0.25) is 4.90 Å². The van der Waals surface area contributed by atoms with Crippen molar-refractivity contribution in [2.75, 3.05) is 58.2 Å². The van der Waals surface area contributed by atoms with E-state index in [0.717, 1.165) is 50.8 Å². The van der Waals surface area contributed by atoms with E-state index in [-0.39, 0.29) is 0 Å². The van der Waals surface area contributed by atoms with E-state index in [1.165, 1.54) is 0 Å². The number of ether oxygens (including phenoxy) is 1. The quantitative estimate of drug-likeness (QED) is 0.834. The zero-order valence-electron chi connectivity index (χ0n) is 11.9. The minimum absolute atomic E-state index is 0.666. The van der Waals surface area contributed by atoms with E-state index < -0.39 is 0 Å². The van der Waals surface area contributed by atoms with Crippen LogP contribution in [0.4, 0.5) is 5.82 Å². The number of nitrogens with one attached hydrogen (secondary N) is 1. The van der Waals surface area contributed by atoms with E-state index in [1.807, 2.05) is 19.1 Å². The van der Waals surface area contributed by atoms with Crippen molar-refractivity contribution in [3.8, 4) is 5.75 Å². The van der Waals surface area contributed by atoms with Crippen LogP contribution in [0.15, 0.2) is 18.3 Å². The maximum absolute atomic E-state index is 5.55. The van der Waals surface area contributed by atoms with Crippen LogP contribution < -0.4 is 10.1 Å². The Morgan fingerprint density at radius 2 is 2.11 bits per heavy atom. The number of piperazine rings is 1. The second-order valence-corrected chi connectivity index (χ2v) is 4.85. The van der Waals surface area contributed by atoms with Gasteiger partial charge in [-0.2, -0.15) is 0 Å². The molecular formula is C14H24N4O. The van der Waals surface area contributed by atoms with Gasteiger partial charge in [-0.1, -0.05) is 0 Å². The summed E-state index contributed by atoms with van der Waals surface area (Å²) in [6.07, 6.45) is 1.79. The lowest BCUT2D eigenvalue weighted by Gasteiger charge is -2.32. The van der Waals surface area contributed by atoms with Gasteiger partial charge in [0.2, 0.25) is 0 Å². The van der Waals surface area contributed by atoms with E-state index in [1.54, 1.807) is 6.20 Å². The molecule has 2 rings (SSSR count). The van der Waals surface area contributed by atoms with Gasteiger partial charge in [0, 0.05) is 45.5 Å². The van der Waals surface area contributed by atoms with Gasteiger partial charge in [0.05, 0.1) is 6.61 Å². The largest absolute Gasteiger partial charge is 0.490 e. The minimum atomic E-state index is 0.666. The first kappa shape index (κ1) is 14.1. The zero-order chi connectivity index (χ0) is 13.5. The van der Waals surface area contributed by atoms with Crippen LogP contribution in [0, 0.1) is 0 Å². The van der Waals surface area contributed by atoms with Gasteiger partial charge in [-0.15, -0.1) is 0 Å². The van der Waals surface area contributed by atoms with Gasteiger partial charge in [0.1, 0.15) is 0 Å². The molecule has 0 unspecified atom stereocenters. The van der Waals surface area contributed by atoms with Crippen LogP contribution in [0.2, 0.25) is 0 Å². The summed E-state index contributed by atoms with van der Waals surface area (Å²) in [4.78, 5) is 9.18. The summed E-state index contributed by atoms with van der Waals surface area (Å²) in [5.74, 6) is 1.68. The number of rotatable bonds is 6. The number of pyridine rings is 1. The van der Waals surface area contributed by atoms with Crippen LogP contribution in [0.1, 0.15) is 6.92 Å². The van der Waals surface area contributed by atoms with Crippen molar-refractivity contribution >= 4 is 5.82 Å². The third-order valence-corrected chi connectivity index (χ3v) is 3.39. The maximum Gasteiger partial charge on any atom is 0.168 e. The summed E-state index contributed by atoms with van der Waals surface area (Å²) in [7, 11) is 2.18. The maximum atomic E-state index is 5.55. The highest BCUT2D eigenvalue weighted by atomic mass is 16.5. The van der Waals surface area contributed by atoms with Crippen LogP contribution in [-0.4, -0.2) is 67.7 Å². The van der Waals surface area contributed by atoms with Gasteiger partial charge >= 0.3 is 0 Å². The van der Waals surface area contributed by atoms with E-state index in [4.69, 9.17) is 4.74 Å². The number of hydrogen-bond acceptors (Lipinski definition) is 5. The molecule has 1 saturated heterocycles. The average Bonchev–Trinajstić information content (AvgIpc) is 2.43. The summed E-state index contributed by atoms with van der Waals surface area (Å²) < 4.78 is 5.55. The fourth-order valence-electron chi connectivity index (χ4n) is 2.20. The zero-order valence-corrected chi connectivity index (χ0v) is 11.9. The van der Waals surface area contributed by atoms with Crippen molar-refractivity contribution < 1.29 is 4.74 Å². The van der Waals surface area contributed by atoms with Crippen molar-refractivity contribution in [1.29, 1.82) is 0 Å². The Bertz CT molecular complexity index is 377. The van der Waals surface area contributed by atoms with Crippen LogP contribution in [0.3, 0.4) is 0 Å². The lowest BCUT2D eigenvalue weighted by atomic mass is 10.3. The average molecular weight is 264 g/mol. The molecule has 0 aromatic carbocycles. The van der Waals surface area contributed by atoms with Crippen molar-refractivity contribution in [1.82, 2.24) is 14.8 Å². The fraction of sp³-hybridized carbons (Fsp3) is 0.643. The summed E-state index contributed by atoms with van der Waals surface area (Å²) in [5, 5.41) is 3.37. The fourth-order valence-corrected chi connectivity index (χ4v) is 2.20. The van der Waals surface area contributed by atoms with Gasteiger partial charge in [-0.05, 0) is 26.1 Å². The molecule has 1 aromatic heterocycles. The molecular weight excluding hydrogens is 240 g/mol. The molecule has 1 fully saturated rings. The molecule has 0 atom stereocenters. The third-order valence-electron chi connectivity index (χ3n) is 3.39. The van der Waals surface area contributed by atoms with E-state index >= 15 is 0 Å². The molecule has 19 heavy (non-hydrogen) atoms. The number of aromatic nitrogens is 1. The van der Waals surface area contributed by atoms with Crippen molar-refractivity contribution in [3.63, 3.8) is 0 Å². The second-order valence-electron chi connectivity index (χ2n) is 4.85. The second kappa shape index (κ2) is 7.31. The molecule has 0 spiro atoms. The van der Waals surface area contributed by atoms with Crippen LogP contribution in [-0.2, 0) is 0 Å². The highest BCUT2D eigenvalue weighted by Crippen LogP contribution is 2.20. The summed E-state index contributed by atoms with van der Waals surface area (Å²) >= 11 is 0. The molecule has 0 amide bonds. The molecule has 5 heteroatoms. The Labute approximate surface area is 115 Å². The molecule has 0 aliphatic carbocycles. The van der Waals surface area contributed by atoms with E-state index in [2.05, 4.69) is 27.1 Å². The predicted octanol–water partition coefficient (Wildman–Crippen LogP) is 1.14. The molecule has 0 bridgehead atoms. The molecule has 2 heterocycles. The standard InChI is InChI=1S/C14H24N4O/c1-3-19-13-5-4-6-15-14(13)16-7-8-18-11-9-17(2)10-12-18/h4-6H,3,7-12H2,1-2H3,(H,15,16). The smallest absolute Gasteiger partial charge is 0.168 e. The molecule has 106 valence electrons. The van der Waals surface area contributed by atoms with Crippen molar-refractivity contribution in [2.45, 2.75) is 6.92 Å². The lowest BCUT2D eigenvalue weighted by molar-refractivity contribution is 0.158. The molecule has 1 aliphatic heterocycles. The Balaban J connectivity index is 1.76. The predicted molar refractivity (Wildman–Crippen MR) is 77.8 cm³/mol. The first-order valence-corrected chi connectivity index (χ1v) is 7.02. The number of likely N-dealkylation sites (N-methyl/N-ethyl adjacent to an activating group) is 1. The van der Waals surface area contributed by atoms with Gasteiger partial charge in [-0.25, -0.2) is 4.98 Å². The Morgan fingerprint density at radius 1 is 1.32 bits per heavy atom. The molecule has 1 aliphatic rings. The summed E-state index contributed by atoms with van der Waals surface area (Å²) in [6, 6.07) is 3.85. The topological polar surface area (TPSA) is 40.6 Å².